The summed E-state index contributed by atoms with van der Waals surface area (Å²) >= 11 is 1.61. The Bertz CT molecular complexity index is 1250. The minimum Gasteiger partial charge on any atom is -0.496 e. The Labute approximate surface area is 158 Å². The van der Waals surface area contributed by atoms with Gasteiger partial charge in [0.1, 0.15) is 17.9 Å². The summed E-state index contributed by atoms with van der Waals surface area (Å²) in [4.78, 5) is 13.2. The zero-order valence-electron chi connectivity index (χ0n) is 14.3. The summed E-state index contributed by atoms with van der Waals surface area (Å²) in [6.07, 6.45) is 5.14. The third-order valence-electron chi connectivity index (χ3n) is 4.36. The zero-order chi connectivity index (χ0) is 18.2. The van der Waals surface area contributed by atoms with Gasteiger partial charge in [0, 0.05) is 34.5 Å². The van der Waals surface area contributed by atoms with E-state index in [1.54, 1.807) is 31.0 Å². The Balaban J connectivity index is 1.64. The second-order valence-corrected chi connectivity index (χ2v) is 6.83. The van der Waals surface area contributed by atoms with Gasteiger partial charge in [0.15, 0.2) is 0 Å². The number of aromatic nitrogens is 5. The molecular weight excluding hydrogens is 360 g/mol. The standard InChI is InChI=1S/C19H14N6OS/c1-26-17-6-16-14(5-13(17)11-7-23-24-8-11)19(21-9-20-16)25-12-2-3-15-18(4-12)27-10-22-15/h2-10H,1H3,(H,23,24)(H,20,21,25). The van der Waals surface area contributed by atoms with E-state index in [-0.39, 0.29) is 0 Å². The molecule has 2 N–H and O–H groups in total. The fourth-order valence-corrected chi connectivity index (χ4v) is 3.76. The second kappa shape index (κ2) is 6.33. The van der Waals surface area contributed by atoms with Gasteiger partial charge in [0.2, 0.25) is 0 Å². The Hall–Kier alpha value is -3.52. The molecule has 5 rings (SSSR count). The van der Waals surface area contributed by atoms with Crippen LogP contribution in [0.1, 0.15) is 0 Å². The van der Waals surface area contributed by atoms with E-state index in [0.29, 0.717) is 0 Å². The molecule has 0 aliphatic carbocycles. The van der Waals surface area contributed by atoms with Crippen molar-refractivity contribution in [3.8, 4) is 16.9 Å². The van der Waals surface area contributed by atoms with Crippen molar-refractivity contribution in [2.24, 2.45) is 0 Å². The van der Waals surface area contributed by atoms with Crippen molar-refractivity contribution in [2.45, 2.75) is 0 Å². The molecule has 0 atom stereocenters. The van der Waals surface area contributed by atoms with Crippen LogP contribution in [-0.4, -0.2) is 32.3 Å². The molecule has 0 aliphatic heterocycles. The average Bonchev–Trinajstić information content (AvgIpc) is 3.38. The predicted molar refractivity (Wildman–Crippen MR) is 107 cm³/mol. The van der Waals surface area contributed by atoms with Gasteiger partial charge in [-0.3, -0.25) is 5.10 Å². The minimum atomic E-state index is 0.733. The Kier molecular flexibility index (Phi) is 3.68. The first kappa shape index (κ1) is 15.7. The van der Waals surface area contributed by atoms with E-state index in [1.165, 1.54) is 0 Å². The third kappa shape index (κ3) is 2.76. The Morgan fingerprint density at radius 1 is 1.07 bits per heavy atom. The number of rotatable bonds is 4. The molecule has 2 aromatic carbocycles. The number of H-pyrrole nitrogens is 1. The van der Waals surface area contributed by atoms with Crippen molar-refractivity contribution in [1.29, 1.82) is 0 Å². The minimum absolute atomic E-state index is 0.733. The normalized spacial score (nSPS) is 11.1. The molecule has 0 saturated heterocycles. The molecule has 27 heavy (non-hydrogen) atoms. The van der Waals surface area contributed by atoms with Crippen molar-refractivity contribution in [1.82, 2.24) is 25.1 Å². The molecular formula is C19H14N6OS. The lowest BCUT2D eigenvalue weighted by Gasteiger charge is -2.12. The molecule has 0 saturated carbocycles. The molecule has 5 aromatic rings. The maximum atomic E-state index is 5.55. The molecule has 3 heterocycles. The smallest absolute Gasteiger partial charge is 0.141 e. The van der Waals surface area contributed by atoms with E-state index in [2.05, 4.69) is 36.5 Å². The molecule has 0 aliphatic rings. The lowest BCUT2D eigenvalue weighted by Crippen LogP contribution is -1.97. The second-order valence-electron chi connectivity index (χ2n) is 5.94. The number of hydrogen-bond acceptors (Lipinski definition) is 7. The number of ether oxygens (including phenoxy) is 1. The van der Waals surface area contributed by atoms with E-state index in [4.69, 9.17) is 4.74 Å². The van der Waals surface area contributed by atoms with Crippen LogP contribution in [0.15, 0.2) is 54.6 Å². The number of anilines is 2. The Morgan fingerprint density at radius 3 is 2.89 bits per heavy atom. The van der Waals surface area contributed by atoms with Gasteiger partial charge < -0.3 is 10.1 Å². The molecule has 132 valence electrons. The van der Waals surface area contributed by atoms with Crippen LogP contribution < -0.4 is 10.1 Å². The summed E-state index contributed by atoms with van der Waals surface area (Å²) in [6.45, 7) is 0. The SMILES string of the molecule is COc1cc2ncnc(Nc3ccc4ncsc4c3)c2cc1-c1cn[nH]c1. The van der Waals surface area contributed by atoms with E-state index >= 15 is 0 Å². The quantitative estimate of drug-likeness (QED) is 0.485. The summed E-state index contributed by atoms with van der Waals surface area (Å²) < 4.78 is 6.67. The fourth-order valence-electron chi connectivity index (χ4n) is 3.05. The van der Waals surface area contributed by atoms with Crippen molar-refractivity contribution in [2.75, 3.05) is 12.4 Å². The van der Waals surface area contributed by atoms with Crippen molar-refractivity contribution in [3.05, 3.63) is 54.6 Å². The summed E-state index contributed by atoms with van der Waals surface area (Å²) in [5, 5.41) is 11.2. The van der Waals surface area contributed by atoms with Crippen LogP contribution in [0.5, 0.6) is 5.75 Å². The first-order chi connectivity index (χ1) is 13.3. The van der Waals surface area contributed by atoms with Gasteiger partial charge in [-0.2, -0.15) is 5.10 Å². The van der Waals surface area contributed by atoms with Crippen LogP contribution in [0.2, 0.25) is 0 Å². The molecule has 0 bridgehead atoms. The highest BCUT2D eigenvalue weighted by Gasteiger charge is 2.13. The van der Waals surface area contributed by atoms with Crippen LogP contribution in [0, 0.1) is 0 Å². The van der Waals surface area contributed by atoms with E-state index in [0.717, 1.165) is 49.5 Å². The molecule has 0 amide bonds. The lowest BCUT2D eigenvalue weighted by molar-refractivity contribution is 0.417. The maximum Gasteiger partial charge on any atom is 0.141 e. The van der Waals surface area contributed by atoms with Crippen LogP contribution in [0.3, 0.4) is 0 Å². The van der Waals surface area contributed by atoms with Gasteiger partial charge in [-0.25, -0.2) is 15.0 Å². The largest absolute Gasteiger partial charge is 0.496 e. The van der Waals surface area contributed by atoms with Crippen molar-refractivity contribution in [3.63, 3.8) is 0 Å². The monoisotopic (exact) mass is 374 g/mol. The lowest BCUT2D eigenvalue weighted by atomic mass is 10.1. The zero-order valence-corrected chi connectivity index (χ0v) is 15.1. The first-order valence-electron chi connectivity index (χ1n) is 8.24. The number of fused-ring (bicyclic) bond motifs is 2. The van der Waals surface area contributed by atoms with Crippen molar-refractivity contribution >= 4 is 44.0 Å². The number of nitrogens with one attached hydrogen (secondary N) is 2. The summed E-state index contributed by atoms with van der Waals surface area (Å²) in [6, 6.07) is 10.00. The number of nitrogens with zero attached hydrogens (tertiary/aromatic N) is 4. The highest BCUT2D eigenvalue weighted by molar-refractivity contribution is 7.16. The molecule has 0 radical (unpaired) electrons. The number of thiazole rings is 1. The summed E-state index contributed by atoms with van der Waals surface area (Å²) in [5.41, 5.74) is 6.45. The van der Waals surface area contributed by atoms with E-state index in [9.17, 15) is 0 Å². The van der Waals surface area contributed by atoms with Gasteiger partial charge in [-0.05, 0) is 24.3 Å². The van der Waals surface area contributed by atoms with Crippen LogP contribution in [0.25, 0.3) is 32.2 Å². The fraction of sp³-hybridized carbons (Fsp3) is 0.0526. The number of benzene rings is 2. The molecule has 3 aromatic heterocycles. The van der Waals surface area contributed by atoms with Gasteiger partial charge in [0.25, 0.3) is 0 Å². The Morgan fingerprint density at radius 2 is 2.04 bits per heavy atom. The number of methoxy groups -OCH3 is 1. The highest BCUT2D eigenvalue weighted by Crippen LogP contribution is 2.35. The topological polar surface area (TPSA) is 88.6 Å². The van der Waals surface area contributed by atoms with Crippen LogP contribution in [0.4, 0.5) is 11.5 Å². The predicted octanol–water partition coefficient (Wildman–Crippen LogP) is 4.38. The van der Waals surface area contributed by atoms with Gasteiger partial charge in [-0.15, -0.1) is 11.3 Å². The molecule has 7 nitrogen and oxygen atoms in total. The number of aromatic amines is 1. The third-order valence-corrected chi connectivity index (χ3v) is 5.15. The molecule has 0 unspecified atom stereocenters. The first-order valence-corrected chi connectivity index (χ1v) is 9.12. The maximum absolute atomic E-state index is 5.55. The summed E-state index contributed by atoms with van der Waals surface area (Å²) in [5.74, 6) is 1.47. The molecule has 0 spiro atoms. The van der Waals surface area contributed by atoms with Crippen LogP contribution in [-0.2, 0) is 0 Å². The summed E-state index contributed by atoms with van der Waals surface area (Å²) in [7, 11) is 1.65. The van der Waals surface area contributed by atoms with Crippen LogP contribution >= 0.6 is 11.3 Å². The van der Waals surface area contributed by atoms with E-state index < -0.39 is 0 Å². The van der Waals surface area contributed by atoms with Gasteiger partial charge in [-0.1, -0.05) is 0 Å². The van der Waals surface area contributed by atoms with Gasteiger partial charge in [0.05, 0.1) is 34.6 Å². The molecule has 0 fully saturated rings. The van der Waals surface area contributed by atoms with E-state index in [1.807, 2.05) is 36.0 Å². The molecule has 8 heteroatoms. The van der Waals surface area contributed by atoms with Crippen molar-refractivity contribution < 1.29 is 4.74 Å². The highest BCUT2D eigenvalue weighted by atomic mass is 32.1. The number of hydrogen-bond donors (Lipinski definition) is 2. The van der Waals surface area contributed by atoms with Gasteiger partial charge >= 0.3 is 0 Å². The average molecular weight is 374 g/mol.